The van der Waals surface area contributed by atoms with Crippen molar-refractivity contribution in [3.8, 4) is 11.5 Å². The smallest absolute Gasteiger partial charge is 0.196 e. The summed E-state index contributed by atoms with van der Waals surface area (Å²) in [6.45, 7) is 0. The predicted octanol–water partition coefficient (Wildman–Crippen LogP) is 1.68. The highest BCUT2D eigenvalue weighted by atomic mass is 19.1. The highest BCUT2D eigenvalue weighted by Gasteiger charge is 2.09. The van der Waals surface area contributed by atoms with Crippen molar-refractivity contribution in [2.24, 2.45) is 0 Å². The fraction of sp³-hybridized carbons (Fsp3) is 0.143. The minimum Gasteiger partial charge on any atom is -0.504 e. The van der Waals surface area contributed by atoms with E-state index in [2.05, 4.69) is 4.74 Å². The Bertz CT molecular complexity index is 250. The lowest BCUT2D eigenvalue weighted by Gasteiger charge is -2.03. The van der Waals surface area contributed by atoms with Gasteiger partial charge in [-0.15, -0.1) is 0 Å². The molecule has 0 radical (unpaired) electrons. The second-order valence-corrected chi connectivity index (χ2v) is 1.94. The van der Waals surface area contributed by atoms with Crippen LogP contribution in [0.15, 0.2) is 12.1 Å². The van der Waals surface area contributed by atoms with E-state index in [9.17, 15) is 8.78 Å². The van der Waals surface area contributed by atoms with Gasteiger partial charge in [0, 0.05) is 12.1 Å². The molecule has 0 amide bonds. The van der Waals surface area contributed by atoms with E-state index in [0.717, 1.165) is 6.07 Å². The molecule has 0 unspecified atom stereocenters. The van der Waals surface area contributed by atoms with Crippen LogP contribution in [0.4, 0.5) is 8.78 Å². The van der Waals surface area contributed by atoms with Gasteiger partial charge in [-0.3, -0.25) is 0 Å². The average molecular weight is 160 g/mol. The molecule has 1 aromatic rings. The first kappa shape index (κ1) is 7.78. The van der Waals surface area contributed by atoms with Gasteiger partial charge < -0.3 is 9.84 Å². The Morgan fingerprint density at radius 1 is 1.36 bits per heavy atom. The van der Waals surface area contributed by atoms with Gasteiger partial charge in [0.05, 0.1) is 7.11 Å². The molecule has 0 aliphatic carbocycles. The maximum Gasteiger partial charge on any atom is 0.196 e. The molecular formula is C7H6F2O2. The molecule has 0 aliphatic heterocycles. The van der Waals surface area contributed by atoms with Crippen molar-refractivity contribution in [2.45, 2.75) is 0 Å². The lowest BCUT2D eigenvalue weighted by atomic mass is 10.3. The molecule has 1 rings (SSSR count). The van der Waals surface area contributed by atoms with Crippen LogP contribution in [0.25, 0.3) is 0 Å². The molecule has 0 atom stereocenters. The van der Waals surface area contributed by atoms with Crippen LogP contribution in [0.1, 0.15) is 0 Å². The average Bonchev–Trinajstić information content (AvgIpc) is 1.85. The summed E-state index contributed by atoms with van der Waals surface area (Å²) in [6.07, 6.45) is 0. The van der Waals surface area contributed by atoms with Gasteiger partial charge in [-0.1, -0.05) is 0 Å². The second kappa shape index (κ2) is 2.74. The summed E-state index contributed by atoms with van der Waals surface area (Å²) in [5.74, 6) is -2.62. The normalized spacial score (nSPS) is 9.73. The number of methoxy groups -OCH3 is 1. The molecule has 0 bridgehead atoms. The van der Waals surface area contributed by atoms with Crippen LogP contribution in [-0.2, 0) is 0 Å². The number of phenolic OH excluding ortho intramolecular Hbond substituents is 1. The summed E-state index contributed by atoms with van der Waals surface area (Å²) in [7, 11) is 1.19. The number of halogens is 2. The minimum absolute atomic E-state index is 0.341. The third-order valence-corrected chi connectivity index (χ3v) is 1.19. The van der Waals surface area contributed by atoms with E-state index in [1.807, 2.05) is 0 Å². The minimum atomic E-state index is -0.912. The van der Waals surface area contributed by atoms with Crippen molar-refractivity contribution in [1.82, 2.24) is 0 Å². The fourth-order valence-electron chi connectivity index (χ4n) is 0.749. The maximum atomic E-state index is 12.6. The lowest BCUT2D eigenvalue weighted by molar-refractivity contribution is 0.347. The first-order valence-corrected chi connectivity index (χ1v) is 2.87. The highest BCUT2D eigenvalue weighted by molar-refractivity contribution is 5.39. The van der Waals surface area contributed by atoms with Crippen LogP contribution in [0, 0.1) is 11.6 Å². The van der Waals surface area contributed by atoms with Crippen LogP contribution in [-0.4, -0.2) is 12.2 Å². The van der Waals surface area contributed by atoms with E-state index in [1.54, 1.807) is 0 Å². The number of ether oxygens (including phenoxy) is 1. The Morgan fingerprint density at radius 3 is 2.45 bits per heavy atom. The molecule has 0 saturated heterocycles. The zero-order valence-corrected chi connectivity index (χ0v) is 5.77. The number of hydrogen-bond donors (Lipinski definition) is 1. The number of hydrogen-bond acceptors (Lipinski definition) is 2. The van der Waals surface area contributed by atoms with Crippen LogP contribution in [0.3, 0.4) is 0 Å². The summed E-state index contributed by atoms with van der Waals surface area (Å²) < 4.78 is 29.3. The number of aromatic hydroxyl groups is 1. The fourth-order valence-corrected chi connectivity index (χ4v) is 0.749. The molecule has 1 N–H and O–H groups in total. The van der Waals surface area contributed by atoms with E-state index < -0.39 is 17.4 Å². The molecule has 0 heterocycles. The molecule has 0 aromatic heterocycles. The van der Waals surface area contributed by atoms with Gasteiger partial charge in [0.2, 0.25) is 0 Å². The number of phenols is 1. The molecular weight excluding hydrogens is 154 g/mol. The van der Waals surface area contributed by atoms with Gasteiger partial charge in [-0.25, -0.2) is 8.78 Å². The van der Waals surface area contributed by atoms with Gasteiger partial charge in [0.25, 0.3) is 0 Å². The quantitative estimate of drug-likeness (QED) is 0.677. The molecule has 11 heavy (non-hydrogen) atoms. The zero-order chi connectivity index (χ0) is 8.43. The van der Waals surface area contributed by atoms with Crippen LogP contribution >= 0.6 is 0 Å². The summed E-state index contributed by atoms with van der Waals surface area (Å²) in [4.78, 5) is 0. The molecule has 0 fully saturated rings. The summed E-state index contributed by atoms with van der Waals surface area (Å²) in [5, 5.41) is 8.87. The molecule has 4 heteroatoms. The lowest BCUT2D eigenvalue weighted by Crippen LogP contribution is -1.89. The van der Waals surface area contributed by atoms with Crippen molar-refractivity contribution in [2.75, 3.05) is 7.11 Å². The van der Waals surface area contributed by atoms with Gasteiger partial charge in [-0.2, -0.15) is 0 Å². The van der Waals surface area contributed by atoms with Gasteiger partial charge >= 0.3 is 0 Å². The summed E-state index contributed by atoms with van der Waals surface area (Å²) in [5.41, 5.74) is 0. The van der Waals surface area contributed by atoms with Crippen LogP contribution in [0.2, 0.25) is 0 Å². The molecule has 60 valence electrons. The Labute approximate surface area is 62.0 Å². The number of rotatable bonds is 1. The molecule has 0 saturated carbocycles. The van der Waals surface area contributed by atoms with Gasteiger partial charge in [-0.05, 0) is 0 Å². The maximum absolute atomic E-state index is 12.6. The zero-order valence-electron chi connectivity index (χ0n) is 5.77. The van der Waals surface area contributed by atoms with Crippen LogP contribution in [0.5, 0.6) is 11.5 Å². The van der Waals surface area contributed by atoms with Gasteiger partial charge in [0.1, 0.15) is 5.82 Å². The van der Waals surface area contributed by atoms with E-state index in [4.69, 9.17) is 5.11 Å². The number of benzene rings is 1. The molecule has 1 aromatic carbocycles. The summed E-state index contributed by atoms with van der Waals surface area (Å²) in [6, 6.07) is 1.42. The first-order chi connectivity index (χ1) is 5.15. The molecule has 0 spiro atoms. The predicted molar refractivity (Wildman–Crippen MR) is 34.6 cm³/mol. The first-order valence-electron chi connectivity index (χ1n) is 2.87. The van der Waals surface area contributed by atoms with E-state index >= 15 is 0 Å². The standard InChI is InChI=1S/C7H6F2O2/c1-11-7-5(9)2-4(8)3-6(7)10/h2-3,10H,1H3. The van der Waals surface area contributed by atoms with E-state index in [-0.39, 0.29) is 5.75 Å². The largest absolute Gasteiger partial charge is 0.504 e. The Hall–Kier alpha value is -1.32. The Morgan fingerprint density at radius 2 is 2.00 bits per heavy atom. The Balaban J connectivity index is 3.25. The monoisotopic (exact) mass is 160 g/mol. The van der Waals surface area contributed by atoms with Crippen molar-refractivity contribution in [3.63, 3.8) is 0 Å². The van der Waals surface area contributed by atoms with Gasteiger partial charge in [0.15, 0.2) is 17.3 Å². The second-order valence-electron chi connectivity index (χ2n) is 1.94. The SMILES string of the molecule is COc1c(O)cc(F)cc1F. The Kier molecular flexibility index (Phi) is 1.94. The van der Waals surface area contributed by atoms with Crippen molar-refractivity contribution < 1.29 is 18.6 Å². The molecule has 2 nitrogen and oxygen atoms in total. The summed E-state index contributed by atoms with van der Waals surface area (Å²) >= 11 is 0. The highest BCUT2D eigenvalue weighted by Crippen LogP contribution is 2.29. The van der Waals surface area contributed by atoms with E-state index in [1.165, 1.54) is 7.11 Å². The van der Waals surface area contributed by atoms with Crippen molar-refractivity contribution >= 4 is 0 Å². The van der Waals surface area contributed by atoms with E-state index in [0.29, 0.717) is 6.07 Å². The molecule has 0 aliphatic rings. The third-order valence-electron chi connectivity index (χ3n) is 1.19. The van der Waals surface area contributed by atoms with Crippen molar-refractivity contribution in [3.05, 3.63) is 23.8 Å². The van der Waals surface area contributed by atoms with Crippen LogP contribution < -0.4 is 4.74 Å². The third kappa shape index (κ3) is 1.39. The topological polar surface area (TPSA) is 29.5 Å². The van der Waals surface area contributed by atoms with Crippen molar-refractivity contribution in [1.29, 1.82) is 0 Å².